The number of carbonyl (C=O) groups is 3. The van der Waals surface area contributed by atoms with Crippen LogP contribution in [-0.2, 0) is 9.59 Å². The number of anilines is 1. The van der Waals surface area contributed by atoms with Crippen LogP contribution in [0.25, 0.3) is 0 Å². The molecule has 1 fully saturated rings. The molecule has 0 bridgehead atoms. The van der Waals surface area contributed by atoms with E-state index in [9.17, 15) is 14.4 Å². The van der Waals surface area contributed by atoms with Gasteiger partial charge in [-0.05, 0) is 43.5 Å². The summed E-state index contributed by atoms with van der Waals surface area (Å²) in [5, 5.41) is 10.8. The lowest BCUT2D eigenvalue weighted by Crippen LogP contribution is -2.42. The summed E-state index contributed by atoms with van der Waals surface area (Å²) < 4.78 is 0.933. The van der Waals surface area contributed by atoms with Crippen LogP contribution in [-0.4, -0.2) is 37.0 Å². The molecule has 0 spiro atoms. The van der Waals surface area contributed by atoms with E-state index in [0.717, 1.165) is 35.7 Å². The molecule has 142 valence electrons. The lowest BCUT2D eigenvalue weighted by atomic mass is 10.2. The minimum atomic E-state index is -0.471. The topological polar surface area (TPSA) is 99.3 Å². The van der Waals surface area contributed by atoms with Crippen molar-refractivity contribution >= 4 is 39.5 Å². The van der Waals surface area contributed by atoms with Gasteiger partial charge in [0.1, 0.15) is 0 Å². The third-order valence-corrected chi connectivity index (χ3v) is 4.72. The molecule has 1 aliphatic rings. The van der Waals surface area contributed by atoms with E-state index in [0.29, 0.717) is 5.69 Å². The smallest absolute Gasteiger partial charge is 0.315 e. The zero-order valence-electron chi connectivity index (χ0n) is 14.9. The van der Waals surface area contributed by atoms with Gasteiger partial charge in [-0.25, -0.2) is 4.79 Å². The molecule has 26 heavy (non-hydrogen) atoms. The molecule has 4 N–H and O–H groups in total. The fourth-order valence-electron chi connectivity index (χ4n) is 2.84. The predicted molar refractivity (Wildman–Crippen MR) is 104 cm³/mol. The van der Waals surface area contributed by atoms with E-state index >= 15 is 0 Å². The van der Waals surface area contributed by atoms with Crippen LogP contribution in [0.3, 0.4) is 0 Å². The molecule has 0 heterocycles. The number of halogens is 1. The standard InChI is InChI=1S/C18H25BrN4O3/c1-12-10-13(19)6-7-15(12)23-17(25)11-21-18(26)20-9-8-16(24)22-14-4-2-3-5-14/h6-7,10,14H,2-5,8-9,11H2,1H3,(H,22,24)(H,23,25)(H2,20,21,26). The Hall–Kier alpha value is -2.09. The zero-order chi connectivity index (χ0) is 18.9. The average Bonchev–Trinajstić information content (AvgIpc) is 3.08. The summed E-state index contributed by atoms with van der Waals surface area (Å²) >= 11 is 3.36. The quantitative estimate of drug-likeness (QED) is 0.540. The molecule has 1 aromatic rings. The maximum Gasteiger partial charge on any atom is 0.315 e. The number of nitrogens with one attached hydrogen (secondary N) is 4. The Morgan fingerprint density at radius 2 is 1.85 bits per heavy atom. The van der Waals surface area contributed by atoms with Gasteiger partial charge in [-0.15, -0.1) is 0 Å². The Labute approximate surface area is 161 Å². The van der Waals surface area contributed by atoms with Gasteiger partial charge in [-0.2, -0.15) is 0 Å². The van der Waals surface area contributed by atoms with Gasteiger partial charge in [0.25, 0.3) is 0 Å². The van der Waals surface area contributed by atoms with E-state index in [2.05, 4.69) is 37.2 Å². The summed E-state index contributed by atoms with van der Waals surface area (Å²) in [6.45, 7) is 1.98. The van der Waals surface area contributed by atoms with Gasteiger partial charge in [0.05, 0.1) is 6.54 Å². The van der Waals surface area contributed by atoms with Crippen molar-refractivity contribution < 1.29 is 14.4 Å². The highest BCUT2D eigenvalue weighted by Crippen LogP contribution is 2.19. The Morgan fingerprint density at radius 1 is 1.12 bits per heavy atom. The van der Waals surface area contributed by atoms with Gasteiger partial charge in [0.15, 0.2) is 0 Å². The average molecular weight is 425 g/mol. The van der Waals surface area contributed by atoms with Gasteiger partial charge >= 0.3 is 6.03 Å². The molecular formula is C18H25BrN4O3. The lowest BCUT2D eigenvalue weighted by Gasteiger charge is -2.12. The molecule has 2 rings (SSSR count). The van der Waals surface area contributed by atoms with Crippen molar-refractivity contribution in [1.29, 1.82) is 0 Å². The SMILES string of the molecule is Cc1cc(Br)ccc1NC(=O)CNC(=O)NCCC(=O)NC1CCCC1. The molecular weight excluding hydrogens is 400 g/mol. The van der Waals surface area contributed by atoms with Crippen molar-refractivity contribution in [2.45, 2.75) is 45.1 Å². The highest BCUT2D eigenvalue weighted by Gasteiger charge is 2.16. The number of rotatable bonds is 7. The minimum absolute atomic E-state index is 0.0549. The summed E-state index contributed by atoms with van der Waals surface area (Å²) in [6.07, 6.45) is 4.62. The Bertz CT molecular complexity index is 660. The van der Waals surface area contributed by atoms with Crippen molar-refractivity contribution in [1.82, 2.24) is 16.0 Å². The van der Waals surface area contributed by atoms with Crippen LogP contribution in [0, 0.1) is 6.92 Å². The number of aryl methyl sites for hydroxylation is 1. The molecule has 4 amide bonds. The van der Waals surface area contributed by atoms with Crippen LogP contribution in [0.1, 0.15) is 37.7 Å². The fourth-order valence-corrected chi connectivity index (χ4v) is 3.32. The first-order chi connectivity index (χ1) is 12.4. The number of benzene rings is 1. The second-order valence-corrected chi connectivity index (χ2v) is 7.33. The first kappa shape index (κ1) is 20.2. The van der Waals surface area contributed by atoms with Crippen LogP contribution in [0.2, 0.25) is 0 Å². The maximum atomic E-state index is 11.9. The highest BCUT2D eigenvalue weighted by atomic mass is 79.9. The van der Waals surface area contributed by atoms with E-state index in [4.69, 9.17) is 0 Å². The van der Waals surface area contributed by atoms with Gasteiger partial charge in [-0.1, -0.05) is 28.8 Å². The van der Waals surface area contributed by atoms with E-state index in [1.165, 1.54) is 0 Å². The van der Waals surface area contributed by atoms with Crippen LogP contribution in [0.5, 0.6) is 0 Å². The first-order valence-electron chi connectivity index (χ1n) is 8.81. The molecule has 0 aromatic heterocycles. The van der Waals surface area contributed by atoms with Crippen molar-refractivity contribution in [3.8, 4) is 0 Å². The second-order valence-electron chi connectivity index (χ2n) is 6.42. The third kappa shape index (κ3) is 7.03. The zero-order valence-corrected chi connectivity index (χ0v) is 16.4. The number of hydrogen-bond donors (Lipinski definition) is 4. The molecule has 0 radical (unpaired) electrons. The van der Waals surface area contributed by atoms with Crippen LogP contribution in [0.15, 0.2) is 22.7 Å². The summed E-state index contributed by atoms with van der Waals surface area (Å²) in [4.78, 5) is 35.4. The van der Waals surface area contributed by atoms with Gasteiger partial charge < -0.3 is 21.3 Å². The van der Waals surface area contributed by atoms with Crippen LogP contribution >= 0.6 is 15.9 Å². The molecule has 0 unspecified atom stereocenters. The normalized spacial score (nSPS) is 13.9. The molecule has 1 saturated carbocycles. The monoisotopic (exact) mass is 424 g/mol. The summed E-state index contributed by atoms with van der Waals surface area (Å²) in [5.41, 5.74) is 1.62. The predicted octanol–water partition coefficient (Wildman–Crippen LogP) is 2.44. The molecule has 0 saturated heterocycles. The Kier molecular flexibility index (Phi) is 7.90. The minimum Gasteiger partial charge on any atom is -0.353 e. The van der Waals surface area contributed by atoms with Gasteiger partial charge in [0.2, 0.25) is 11.8 Å². The van der Waals surface area contributed by atoms with Crippen LogP contribution < -0.4 is 21.3 Å². The molecule has 1 aromatic carbocycles. The summed E-state index contributed by atoms with van der Waals surface area (Å²) in [7, 11) is 0. The Morgan fingerprint density at radius 3 is 2.54 bits per heavy atom. The number of carbonyl (C=O) groups excluding carboxylic acids is 3. The van der Waals surface area contributed by atoms with Crippen molar-refractivity contribution in [2.75, 3.05) is 18.4 Å². The highest BCUT2D eigenvalue weighted by molar-refractivity contribution is 9.10. The van der Waals surface area contributed by atoms with Crippen molar-refractivity contribution in [2.24, 2.45) is 0 Å². The van der Waals surface area contributed by atoms with Crippen molar-refractivity contribution in [3.05, 3.63) is 28.2 Å². The summed E-state index contributed by atoms with van der Waals surface area (Å²) in [5.74, 6) is -0.370. The molecule has 0 aliphatic heterocycles. The summed E-state index contributed by atoms with van der Waals surface area (Å²) in [6, 6.07) is 5.33. The van der Waals surface area contributed by atoms with Crippen LogP contribution in [0.4, 0.5) is 10.5 Å². The number of urea groups is 1. The molecule has 8 heteroatoms. The van der Waals surface area contributed by atoms with Crippen molar-refractivity contribution in [3.63, 3.8) is 0 Å². The van der Waals surface area contributed by atoms with E-state index in [1.807, 2.05) is 19.1 Å². The Balaban J connectivity index is 1.60. The fraction of sp³-hybridized carbons (Fsp3) is 0.500. The van der Waals surface area contributed by atoms with E-state index in [-0.39, 0.29) is 37.4 Å². The largest absolute Gasteiger partial charge is 0.353 e. The van der Waals surface area contributed by atoms with E-state index in [1.54, 1.807) is 6.07 Å². The lowest BCUT2D eigenvalue weighted by molar-refractivity contribution is -0.121. The molecule has 1 aliphatic carbocycles. The maximum absolute atomic E-state index is 11.9. The van der Waals surface area contributed by atoms with Gasteiger partial charge in [-0.3, -0.25) is 9.59 Å². The number of hydrogen-bond acceptors (Lipinski definition) is 3. The first-order valence-corrected chi connectivity index (χ1v) is 9.60. The third-order valence-electron chi connectivity index (χ3n) is 4.23. The molecule has 7 nitrogen and oxygen atoms in total. The second kappa shape index (κ2) is 10.2. The number of amides is 4. The van der Waals surface area contributed by atoms with Gasteiger partial charge in [0, 0.05) is 29.2 Å². The van der Waals surface area contributed by atoms with E-state index < -0.39 is 6.03 Å². The molecule has 0 atom stereocenters.